The molecule has 1 aliphatic heterocycles. The molecule has 7 nitrogen and oxygen atoms in total. The Morgan fingerprint density at radius 3 is 2.54 bits per heavy atom. The van der Waals surface area contributed by atoms with E-state index in [0.717, 1.165) is 48.9 Å². The number of carbonyl (C=O) groups is 1. The number of aryl methyl sites for hydroxylation is 2. The second-order valence-electron chi connectivity index (χ2n) is 6.01. The summed E-state index contributed by atoms with van der Waals surface area (Å²) in [6.07, 6.45) is 2.65. The lowest BCUT2D eigenvalue weighted by molar-refractivity contribution is -0.121. The lowest BCUT2D eigenvalue weighted by Crippen LogP contribution is -2.45. The smallest absolute Gasteiger partial charge is 0.220 e. The molecular weight excluding hydrogens is 421 g/mol. The number of rotatable bonds is 4. The molecular formula is C16H28IN5O2. The third-order valence-corrected chi connectivity index (χ3v) is 4.48. The molecule has 8 heteroatoms. The fourth-order valence-electron chi connectivity index (χ4n) is 2.97. The highest BCUT2D eigenvalue weighted by Gasteiger charge is 2.23. The van der Waals surface area contributed by atoms with Gasteiger partial charge in [0.05, 0.1) is 5.69 Å². The van der Waals surface area contributed by atoms with Crippen molar-refractivity contribution in [1.82, 2.24) is 20.7 Å². The minimum atomic E-state index is 0. The molecule has 0 aromatic carbocycles. The van der Waals surface area contributed by atoms with E-state index < -0.39 is 0 Å². The average molecular weight is 449 g/mol. The van der Waals surface area contributed by atoms with Crippen LogP contribution in [0.15, 0.2) is 9.52 Å². The van der Waals surface area contributed by atoms with E-state index in [0.29, 0.717) is 18.9 Å². The highest BCUT2D eigenvalue weighted by Crippen LogP contribution is 2.20. The van der Waals surface area contributed by atoms with E-state index in [1.807, 2.05) is 13.8 Å². The SMILES string of the molecule is CN=C(NCc1c(C)noc1C)N1CCC(CC(=O)NC)CC1.I. The molecule has 1 aromatic heterocycles. The standard InChI is InChI=1S/C16H27N5O2.HI/c1-11-14(12(2)23-20-11)10-19-16(18-4)21-7-5-13(6-8-21)9-15(22)17-3;/h13H,5-10H2,1-4H3,(H,17,22)(H,18,19);1H. The van der Waals surface area contributed by atoms with Crippen LogP contribution >= 0.6 is 24.0 Å². The summed E-state index contributed by atoms with van der Waals surface area (Å²) >= 11 is 0. The van der Waals surface area contributed by atoms with Crippen LogP contribution in [0.5, 0.6) is 0 Å². The van der Waals surface area contributed by atoms with Crippen LogP contribution in [0.2, 0.25) is 0 Å². The predicted octanol–water partition coefficient (Wildman–Crippen LogP) is 1.83. The van der Waals surface area contributed by atoms with Gasteiger partial charge < -0.3 is 20.1 Å². The summed E-state index contributed by atoms with van der Waals surface area (Å²) < 4.78 is 5.19. The summed E-state index contributed by atoms with van der Waals surface area (Å²) in [4.78, 5) is 18.1. The summed E-state index contributed by atoms with van der Waals surface area (Å²) in [7, 11) is 3.49. The van der Waals surface area contributed by atoms with E-state index in [1.165, 1.54) is 0 Å². The first-order valence-corrected chi connectivity index (χ1v) is 8.13. The van der Waals surface area contributed by atoms with Crippen LogP contribution in [0, 0.1) is 19.8 Å². The van der Waals surface area contributed by atoms with Crippen LogP contribution in [0.3, 0.4) is 0 Å². The van der Waals surface area contributed by atoms with Crippen molar-refractivity contribution in [2.24, 2.45) is 10.9 Å². The third kappa shape index (κ3) is 5.35. The summed E-state index contributed by atoms with van der Waals surface area (Å²) in [5.41, 5.74) is 2.00. The molecule has 24 heavy (non-hydrogen) atoms. The van der Waals surface area contributed by atoms with Crippen molar-refractivity contribution < 1.29 is 9.32 Å². The molecule has 136 valence electrons. The fourth-order valence-corrected chi connectivity index (χ4v) is 2.97. The Balaban J connectivity index is 0.00000288. The lowest BCUT2D eigenvalue weighted by atomic mass is 9.93. The molecule has 0 unspecified atom stereocenters. The van der Waals surface area contributed by atoms with E-state index in [1.54, 1.807) is 14.1 Å². The highest BCUT2D eigenvalue weighted by atomic mass is 127. The second-order valence-corrected chi connectivity index (χ2v) is 6.01. The number of hydrogen-bond acceptors (Lipinski definition) is 4. The third-order valence-electron chi connectivity index (χ3n) is 4.48. The number of carbonyl (C=O) groups excluding carboxylic acids is 1. The van der Waals surface area contributed by atoms with E-state index in [-0.39, 0.29) is 29.9 Å². The number of guanidine groups is 1. The Hall–Kier alpha value is -1.32. The molecule has 0 aliphatic carbocycles. The van der Waals surface area contributed by atoms with Crippen LogP contribution in [-0.4, -0.2) is 49.1 Å². The van der Waals surface area contributed by atoms with Gasteiger partial charge in [-0.3, -0.25) is 9.79 Å². The zero-order valence-electron chi connectivity index (χ0n) is 14.9. The maximum atomic E-state index is 11.5. The molecule has 1 aliphatic rings. The summed E-state index contributed by atoms with van der Waals surface area (Å²) in [5, 5.41) is 10.1. The molecule has 1 fully saturated rings. The number of hydrogen-bond donors (Lipinski definition) is 2. The second kappa shape index (κ2) is 9.85. The van der Waals surface area contributed by atoms with Crippen molar-refractivity contribution in [3.8, 4) is 0 Å². The zero-order chi connectivity index (χ0) is 16.8. The van der Waals surface area contributed by atoms with Crippen LogP contribution in [0.25, 0.3) is 0 Å². The quantitative estimate of drug-likeness (QED) is 0.417. The molecule has 1 aromatic rings. The molecule has 1 saturated heterocycles. The van der Waals surface area contributed by atoms with Crippen molar-refractivity contribution in [2.75, 3.05) is 27.2 Å². The molecule has 2 heterocycles. The number of nitrogens with zero attached hydrogens (tertiary/aromatic N) is 3. The summed E-state index contributed by atoms with van der Waals surface area (Å²) in [5.74, 6) is 2.33. The number of aromatic nitrogens is 1. The van der Waals surface area contributed by atoms with Crippen LogP contribution in [0.1, 0.15) is 36.3 Å². The fraction of sp³-hybridized carbons (Fsp3) is 0.688. The van der Waals surface area contributed by atoms with Crippen LogP contribution in [0.4, 0.5) is 0 Å². The number of piperidine rings is 1. The highest BCUT2D eigenvalue weighted by molar-refractivity contribution is 14.0. The van der Waals surface area contributed by atoms with Gasteiger partial charge >= 0.3 is 0 Å². The predicted molar refractivity (Wildman–Crippen MR) is 105 cm³/mol. The van der Waals surface area contributed by atoms with E-state index in [9.17, 15) is 4.79 Å². The van der Waals surface area contributed by atoms with Gasteiger partial charge in [-0.25, -0.2) is 0 Å². The average Bonchev–Trinajstić information content (AvgIpc) is 2.88. The molecule has 0 atom stereocenters. The first-order chi connectivity index (χ1) is 11.0. The molecule has 0 spiro atoms. The van der Waals surface area contributed by atoms with Crippen molar-refractivity contribution in [3.05, 3.63) is 17.0 Å². The normalized spacial score (nSPS) is 15.8. The first-order valence-electron chi connectivity index (χ1n) is 8.13. The Kier molecular flexibility index (Phi) is 8.51. The monoisotopic (exact) mass is 449 g/mol. The molecule has 0 saturated carbocycles. The maximum Gasteiger partial charge on any atom is 0.220 e. The Morgan fingerprint density at radius 2 is 2.04 bits per heavy atom. The largest absolute Gasteiger partial charge is 0.361 e. The molecule has 2 rings (SSSR count). The van der Waals surface area contributed by atoms with Gasteiger partial charge in [-0.05, 0) is 32.6 Å². The van der Waals surface area contributed by atoms with Gasteiger partial charge in [0.1, 0.15) is 5.76 Å². The van der Waals surface area contributed by atoms with E-state index in [4.69, 9.17) is 4.52 Å². The number of nitrogens with one attached hydrogen (secondary N) is 2. The van der Waals surface area contributed by atoms with Gasteiger partial charge in [0.2, 0.25) is 5.91 Å². The minimum absolute atomic E-state index is 0. The number of halogens is 1. The molecule has 0 radical (unpaired) electrons. The molecule has 1 amide bonds. The Morgan fingerprint density at radius 1 is 1.38 bits per heavy atom. The minimum Gasteiger partial charge on any atom is -0.361 e. The summed E-state index contributed by atoms with van der Waals surface area (Å²) in [6, 6.07) is 0. The summed E-state index contributed by atoms with van der Waals surface area (Å²) in [6.45, 7) is 6.36. The van der Waals surface area contributed by atoms with Crippen molar-refractivity contribution >= 4 is 35.8 Å². The van der Waals surface area contributed by atoms with Gasteiger partial charge in [0.15, 0.2) is 5.96 Å². The van der Waals surface area contributed by atoms with Gasteiger partial charge in [0.25, 0.3) is 0 Å². The zero-order valence-corrected chi connectivity index (χ0v) is 17.2. The molecule has 2 N–H and O–H groups in total. The topological polar surface area (TPSA) is 82.8 Å². The number of amides is 1. The van der Waals surface area contributed by atoms with E-state index in [2.05, 4.69) is 25.7 Å². The maximum absolute atomic E-state index is 11.5. The van der Waals surface area contributed by atoms with Crippen molar-refractivity contribution in [3.63, 3.8) is 0 Å². The van der Waals surface area contributed by atoms with Crippen molar-refractivity contribution in [1.29, 1.82) is 0 Å². The van der Waals surface area contributed by atoms with Gasteiger partial charge in [-0.2, -0.15) is 0 Å². The number of aliphatic imine (C=N–C) groups is 1. The molecule has 0 bridgehead atoms. The van der Waals surface area contributed by atoms with Gasteiger partial charge in [0, 0.05) is 45.7 Å². The van der Waals surface area contributed by atoms with Gasteiger partial charge in [-0.1, -0.05) is 5.16 Å². The van der Waals surface area contributed by atoms with E-state index >= 15 is 0 Å². The van der Waals surface area contributed by atoms with Crippen molar-refractivity contribution in [2.45, 2.75) is 39.7 Å². The van der Waals surface area contributed by atoms with Crippen LogP contribution < -0.4 is 10.6 Å². The Labute approximate surface area is 160 Å². The first kappa shape index (κ1) is 20.7. The number of likely N-dealkylation sites (tertiary alicyclic amines) is 1. The van der Waals surface area contributed by atoms with Crippen LogP contribution in [-0.2, 0) is 11.3 Å². The Bertz CT molecular complexity index is 545. The lowest BCUT2D eigenvalue weighted by Gasteiger charge is -2.34. The van der Waals surface area contributed by atoms with Gasteiger partial charge in [-0.15, -0.1) is 24.0 Å².